The Balaban J connectivity index is 2.19. The van der Waals surface area contributed by atoms with Crippen molar-refractivity contribution in [3.8, 4) is 11.5 Å². The van der Waals surface area contributed by atoms with Gasteiger partial charge >= 0.3 is 0 Å². The molecule has 5 heteroatoms. The van der Waals surface area contributed by atoms with Gasteiger partial charge in [-0.15, -0.1) is 0 Å². The van der Waals surface area contributed by atoms with E-state index in [4.69, 9.17) is 9.47 Å². The van der Waals surface area contributed by atoms with E-state index in [9.17, 15) is 4.39 Å². The van der Waals surface area contributed by atoms with E-state index in [2.05, 4.69) is 21.2 Å². The third-order valence-electron chi connectivity index (χ3n) is 3.03. The maximum Gasteiger partial charge on any atom is 0.129 e. The molecular weight excluding hydrogens is 337 g/mol. The molecule has 0 aromatic heterocycles. The lowest BCUT2D eigenvalue weighted by molar-refractivity contribution is 0.294. The second-order valence-electron chi connectivity index (χ2n) is 4.53. The summed E-state index contributed by atoms with van der Waals surface area (Å²) < 4.78 is 25.5. The normalized spacial score (nSPS) is 10.5. The molecule has 21 heavy (non-hydrogen) atoms. The van der Waals surface area contributed by atoms with Crippen LogP contribution in [0.25, 0.3) is 0 Å². The van der Waals surface area contributed by atoms with E-state index < -0.39 is 0 Å². The number of methoxy groups -OCH3 is 1. The zero-order chi connectivity index (χ0) is 15.2. The average Bonchev–Trinajstić information content (AvgIpc) is 2.49. The smallest absolute Gasteiger partial charge is 0.129 e. The molecule has 0 fully saturated rings. The Bertz CT molecular complexity index is 619. The molecule has 112 valence electrons. The van der Waals surface area contributed by atoms with Gasteiger partial charge in [0.2, 0.25) is 0 Å². The van der Waals surface area contributed by atoms with Gasteiger partial charge in [0.1, 0.15) is 23.9 Å². The minimum Gasteiger partial charge on any atom is -0.497 e. The first-order valence-corrected chi connectivity index (χ1v) is 7.31. The van der Waals surface area contributed by atoms with Crippen molar-refractivity contribution in [2.75, 3.05) is 14.2 Å². The van der Waals surface area contributed by atoms with Crippen molar-refractivity contribution in [1.29, 1.82) is 0 Å². The van der Waals surface area contributed by atoms with E-state index in [-0.39, 0.29) is 12.4 Å². The second-order valence-corrected chi connectivity index (χ2v) is 5.44. The SMILES string of the molecule is CNCc1ccc(OC)cc1OCc1cc(Br)ccc1F. The zero-order valence-electron chi connectivity index (χ0n) is 12.0. The Morgan fingerprint density at radius 1 is 1.14 bits per heavy atom. The number of benzene rings is 2. The highest BCUT2D eigenvalue weighted by Gasteiger charge is 2.08. The fourth-order valence-corrected chi connectivity index (χ4v) is 2.35. The molecule has 0 atom stereocenters. The van der Waals surface area contributed by atoms with Gasteiger partial charge in [0.05, 0.1) is 7.11 Å². The molecule has 0 amide bonds. The quantitative estimate of drug-likeness (QED) is 0.854. The molecule has 0 aliphatic heterocycles. The standard InChI is InChI=1S/C16H17BrFNO2/c1-19-9-11-3-5-14(20-2)8-16(11)21-10-12-7-13(17)4-6-15(12)18/h3-8,19H,9-10H2,1-2H3. The first-order valence-electron chi connectivity index (χ1n) is 6.52. The molecule has 0 aliphatic rings. The average molecular weight is 354 g/mol. The Hall–Kier alpha value is -1.59. The highest BCUT2D eigenvalue weighted by molar-refractivity contribution is 9.10. The van der Waals surface area contributed by atoms with Gasteiger partial charge in [-0.05, 0) is 31.3 Å². The first kappa shape index (κ1) is 15.8. The second kappa shape index (κ2) is 7.43. The van der Waals surface area contributed by atoms with E-state index in [1.807, 2.05) is 25.2 Å². The van der Waals surface area contributed by atoms with Crippen LogP contribution in [0.4, 0.5) is 4.39 Å². The Kier molecular flexibility index (Phi) is 5.59. The van der Waals surface area contributed by atoms with Crippen molar-refractivity contribution >= 4 is 15.9 Å². The molecule has 1 N–H and O–H groups in total. The summed E-state index contributed by atoms with van der Waals surface area (Å²) in [5.41, 5.74) is 1.50. The van der Waals surface area contributed by atoms with Crippen LogP contribution in [0.3, 0.4) is 0 Å². The van der Waals surface area contributed by atoms with Crippen molar-refractivity contribution in [3.05, 3.63) is 57.8 Å². The van der Waals surface area contributed by atoms with E-state index in [0.717, 1.165) is 10.0 Å². The maximum absolute atomic E-state index is 13.7. The molecule has 3 nitrogen and oxygen atoms in total. The highest BCUT2D eigenvalue weighted by atomic mass is 79.9. The lowest BCUT2D eigenvalue weighted by atomic mass is 10.2. The molecule has 2 rings (SSSR count). The van der Waals surface area contributed by atoms with Crippen LogP contribution >= 0.6 is 15.9 Å². The monoisotopic (exact) mass is 353 g/mol. The third-order valence-corrected chi connectivity index (χ3v) is 3.53. The largest absolute Gasteiger partial charge is 0.497 e. The molecule has 2 aromatic rings. The van der Waals surface area contributed by atoms with Gasteiger partial charge in [-0.2, -0.15) is 0 Å². The number of rotatable bonds is 6. The van der Waals surface area contributed by atoms with Crippen LogP contribution in [0.15, 0.2) is 40.9 Å². The van der Waals surface area contributed by atoms with Crippen LogP contribution < -0.4 is 14.8 Å². The third kappa shape index (κ3) is 4.19. The molecule has 0 radical (unpaired) electrons. The Morgan fingerprint density at radius 3 is 2.67 bits per heavy atom. The maximum atomic E-state index is 13.7. The van der Waals surface area contributed by atoms with Crippen LogP contribution in [-0.4, -0.2) is 14.2 Å². The van der Waals surface area contributed by atoms with Crippen LogP contribution in [-0.2, 0) is 13.2 Å². The van der Waals surface area contributed by atoms with Gasteiger partial charge in [-0.25, -0.2) is 4.39 Å². The summed E-state index contributed by atoms with van der Waals surface area (Å²) in [4.78, 5) is 0. The molecule has 0 saturated carbocycles. The number of hydrogen-bond acceptors (Lipinski definition) is 3. The van der Waals surface area contributed by atoms with Crippen LogP contribution in [0.1, 0.15) is 11.1 Å². The number of halogens is 2. The van der Waals surface area contributed by atoms with Crippen LogP contribution in [0.2, 0.25) is 0 Å². The molecule has 2 aromatic carbocycles. The topological polar surface area (TPSA) is 30.5 Å². The predicted octanol–water partition coefficient (Wildman–Crippen LogP) is 3.90. The molecule has 0 bridgehead atoms. The minimum absolute atomic E-state index is 0.162. The summed E-state index contributed by atoms with van der Waals surface area (Å²) in [6.45, 7) is 0.829. The van der Waals surface area contributed by atoms with Crippen molar-refractivity contribution in [3.63, 3.8) is 0 Å². The van der Waals surface area contributed by atoms with E-state index in [1.54, 1.807) is 19.2 Å². The number of hydrogen-bond donors (Lipinski definition) is 1. The minimum atomic E-state index is -0.281. The molecule has 0 aliphatic carbocycles. The fourth-order valence-electron chi connectivity index (χ4n) is 1.94. The van der Waals surface area contributed by atoms with E-state index in [0.29, 0.717) is 23.6 Å². The van der Waals surface area contributed by atoms with E-state index >= 15 is 0 Å². The van der Waals surface area contributed by atoms with Crippen molar-refractivity contribution in [2.24, 2.45) is 0 Å². The lowest BCUT2D eigenvalue weighted by Crippen LogP contribution is -2.08. The predicted molar refractivity (Wildman–Crippen MR) is 84.2 cm³/mol. The number of nitrogens with one attached hydrogen (secondary N) is 1. The number of ether oxygens (including phenoxy) is 2. The van der Waals surface area contributed by atoms with Gasteiger partial charge in [0.25, 0.3) is 0 Å². The van der Waals surface area contributed by atoms with Gasteiger partial charge in [0, 0.05) is 28.2 Å². The summed E-state index contributed by atoms with van der Waals surface area (Å²) >= 11 is 3.33. The van der Waals surface area contributed by atoms with Crippen LogP contribution in [0.5, 0.6) is 11.5 Å². The van der Waals surface area contributed by atoms with Crippen molar-refractivity contribution in [1.82, 2.24) is 5.32 Å². The van der Waals surface area contributed by atoms with Gasteiger partial charge in [-0.3, -0.25) is 0 Å². The summed E-state index contributed by atoms with van der Waals surface area (Å²) in [5.74, 6) is 1.11. The van der Waals surface area contributed by atoms with E-state index in [1.165, 1.54) is 6.07 Å². The lowest BCUT2D eigenvalue weighted by Gasteiger charge is -2.13. The van der Waals surface area contributed by atoms with Gasteiger partial charge in [0.15, 0.2) is 0 Å². The molecule has 0 spiro atoms. The summed E-state index contributed by atoms with van der Waals surface area (Å²) in [7, 11) is 3.47. The summed E-state index contributed by atoms with van der Waals surface area (Å²) in [5, 5.41) is 3.08. The Morgan fingerprint density at radius 2 is 1.95 bits per heavy atom. The molecule has 0 heterocycles. The summed E-state index contributed by atoms with van der Waals surface area (Å²) in [6.07, 6.45) is 0. The van der Waals surface area contributed by atoms with Crippen LogP contribution in [0, 0.1) is 5.82 Å². The van der Waals surface area contributed by atoms with Crippen molar-refractivity contribution in [2.45, 2.75) is 13.2 Å². The molecule has 0 saturated heterocycles. The van der Waals surface area contributed by atoms with Crippen molar-refractivity contribution < 1.29 is 13.9 Å². The van der Waals surface area contributed by atoms with Gasteiger partial charge in [-0.1, -0.05) is 22.0 Å². The Labute approximate surface area is 132 Å². The zero-order valence-corrected chi connectivity index (χ0v) is 13.5. The first-order chi connectivity index (χ1) is 10.1. The fraction of sp³-hybridized carbons (Fsp3) is 0.250. The van der Waals surface area contributed by atoms with Gasteiger partial charge < -0.3 is 14.8 Å². The highest BCUT2D eigenvalue weighted by Crippen LogP contribution is 2.26. The molecule has 0 unspecified atom stereocenters. The molecular formula is C16H17BrFNO2. The summed E-state index contributed by atoms with van der Waals surface area (Å²) in [6, 6.07) is 10.4.